The molecule has 2 aromatic carbocycles. The van der Waals surface area contributed by atoms with Gasteiger partial charge in [-0.05, 0) is 35.9 Å². The van der Waals surface area contributed by atoms with Gasteiger partial charge in [0.15, 0.2) is 0 Å². The number of nitrogens with zero attached hydrogens (tertiary/aromatic N) is 1. The van der Waals surface area contributed by atoms with Crippen LogP contribution in [0.1, 0.15) is 15.9 Å². The smallest absolute Gasteiger partial charge is 0.253 e. The number of carbonyl (C=O) groups excluding carboxylic acids is 1. The fourth-order valence-corrected chi connectivity index (χ4v) is 2.20. The lowest BCUT2D eigenvalue weighted by Gasteiger charge is -2.18. The largest absolute Gasteiger partial charge is 0.497 e. The third-order valence-electron chi connectivity index (χ3n) is 3.09. The van der Waals surface area contributed by atoms with Crippen LogP contribution >= 0.6 is 12.6 Å². The fourth-order valence-electron chi connectivity index (χ4n) is 1.98. The van der Waals surface area contributed by atoms with Gasteiger partial charge in [0.05, 0.1) is 7.11 Å². The van der Waals surface area contributed by atoms with Crippen LogP contribution < -0.4 is 4.74 Å². The van der Waals surface area contributed by atoms with Crippen molar-refractivity contribution in [1.82, 2.24) is 4.90 Å². The quantitative estimate of drug-likeness (QED) is 0.877. The Hall–Kier alpha value is -2.01. The lowest BCUT2D eigenvalue weighted by molar-refractivity contribution is 0.0784. The molecule has 0 heterocycles. The zero-order chi connectivity index (χ0) is 15.4. The molecule has 21 heavy (non-hydrogen) atoms. The van der Waals surface area contributed by atoms with Crippen LogP contribution in [0.5, 0.6) is 5.75 Å². The Balaban J connectivity index is 2.13. The zero-order valence-electron chi connectivity index (χ0n) is 11.8. The molecule has 0 N–H and O–H groups in total. The molecule has 0 atom stereocenters. The van der Waals surface area contributed by atoms with E-state index in [1.54, 1.807) is 19.1 Å². The second-order valence-electron chi connectivity index (χ2n) is 4.68. The number of ether oxygens (including phenoxy) is 1. The van der Waals surface area contributed by atoms with Crippen LogP contribution in [0, 0.1) is 5.82 Å². The number of hydrogen-bond acceptors (Lipinski definition) is 3. The number of methoxy groups -OCH3 is 1. The van der Waals surface area contributed by atoms with Crippen LogP contribution in [0.15, 0.2) is 47.4 Å². The molecule has 0 aromatic heterocycles. The van der Waals surface area contributed by atoms with Gasteiger partial charge in [0, 0.05) is 24.1 Å². The number of hydrogen-bond donors (Lipinski definition) is 1. The predicted octanol–water partition coefficient (Wildman–Crippen LogP) is 3.40. The first-order chi connectivity index (χ1) is 10.0. The first-order valence-corrected chi connectivity index (χ1v) is 6.83. The number of halogens is 1. The van der Waals surface area contributed by atoms with Crippen molar-refractivity contribution in [3.63, 3.8) is 0 Å². The second kappa shape index (κ2) is 6.63. The molecule has 3 nitrogen and oxygen atoms in total. The van der Waals surface area contributed by atoms with Gasteiger partial charge in [0.1, 0.15) is 11.6 Å². The molecular weight excluding hydrogens is 289 g/mol. The summed E-state index contributed by atoms with van der Waals surface area (Å²) >= 11 is 3.99. The van der Waals surface area contributed by atoms with E-state index in [0.29, 0.717) is 12.1 Å². The van der Waals surface area contributed by atoms with Crippen LogP contribution in [0.3, 0.4) is 0 Å². The number of benzene rings is 2. The fraction of sp³-hybridized carbons (Fsp3) is 0.188. The summed E-state index contributed by atoms with van der Waals surface area (Å²) in [5.41, 5.74) is 1.37. The highest BCUT2D eigenvalue weighted by Crippen LogP contribution is 2.17. The van der Waals surface area contributed by atoms with Crippen molar-refractivity contribution in [1.29, 1.82) is 0 Å². The average Bonchev–Trinajstić information content (AvgIpc) is 2.49. The molecule has 0 saturated heterocycles. The van der Waals surface area contributed by atoms with E-state index in [2.05, 4.69) is 12.6 Å². The summed E-state index contributed by atoms with van der Waals surface area (Å²) in [6.07, 6.45) is 0. The maximum Gasteiger partial charge on any atom is 0.253 e. The monoisotopic (exact) mass is 305 g/mol. The Bertz CT molecular complexity index is 660. The van der Waals surface area contributed by atoms with E-state index in [0.717, 1.165) is 11.3 Å². The molecule has 0 aliphatic carbocycles. The van der Waals surface area contributed by atoms with E-state index in [9.17, 15) is 9.18 Å². The standard InChI is InChI=1S/C16H16FNO2S/c1-18(10-11-4-3-5-13(8-11)20-2)16(19)12-6-7-14(17)15(21)9-12/h3-9,21H,10H2,1-2H3. The molecule has 5 heteroatoms. The molecule has 0 bridgehead atoms. The SMILES string of the molecule is COc1cccc(CN(C)C(=O)c2ccc(F)c(S)c2)c1. The van der Waals surface area contributed by atoms with E-state index in [1.807, 2.05) is 24.3 Å². The highest BCUT2D eigenvalue weighted by atomic mass is 32.1. The molecule has 0 aliphatic rings. The summed E-state index contributed by atoms with van der Waals surface area (Å²) < 4.78 is 18.3. The van der Waals surface area contributed by atoms with Crippen molar-refractivity contribution >= 4 is 18.5 Å². The minimum atomic E-state index is -0.440. The van der Waals surface area contributed by atoms with Gasteiger partial charge in [0.25, 0.3) is 5.91 Å². The van der Waals surface area contributed by atoms with Crippen LogP contribution in [0.25, 0.3) is 0 Å². The number of rotatable bonds is 4. The Labute approximate surface area is 128 Å². The molecule has 0 aliphatic heterocycles. The molecule has 0 unspecified atom stereocenters. The molecule has 0 saturated carbocycles. The molecule has 110 valence electrons. The van der Waals surface area contributed by atoms with Crippen molar-refractivity contribution in [2.24, 2.45) is 0 Å². The van der Waals surface area contributed by atoms with Gasteiger partial charge < -0.3 is 9.64 Å². The number of thiol groups is 1. The van der Waals surface area contributed by atoms with Crippen molar-refractivity contribution in [2.75, 3.05) is 14.2 Å². The van der Waals surface area contributed by atoms with Crippen LogP contribution in [-0.2, 0) is 6.54 Å². The first-order valence-electron chi connectivity index (χ1n) is 6.38. The summed E-state index contributed by atoms with van der Waals surface area (Å²) in [6.45, 7) is 0.440. The van der Waals surface area contributed by atoms with E-state index in [-0.39, 0.29) is 10.8 Å². The van der Waals surface area contributed by atoms with E-state index < -0.39 is 5.82 Å². The summed E-state index contributed by atoms with van der Waals surface area (Å²) in [5, 5.41) is 0. The maximum absolute atomic E-state index is 13.2. The van der Waals surface area contributed by atoms with Crippen LogP contribution in [0.4, 0.5) is 4.39 Å². The molecular formula is C16H16FNO2S. The van der Waals surface area contributed by atoms with E-state index in [1.165, 1.54) is 18.2 Å². The second-order valence-corrected chi connectivity index (χ2v) is 5.16. The summed E-state index contributed by atoms with van der Waals surface area (Å²) in [7, 11) is 3.30. The summed E-state index contributed by atoms with van der Waals surface area (Å²) in [6, 6.07) is 11.6. The normalized spacial score (nSPS) is 10.3. The Morgan fingerprint density at radius 2 is 2.05 bits per heavy atom. The highest BCUT2D eigenvalue weighted by molar-refractivity contribution is 7.80. The lowest BCUT2D eigenvalue weighted by atomic mass is 10.1. The average molecular weight is 305 g/mol. The number of amides is 1. The third kappa shape index (κ3) is 3.76. The van der Waals surface area contributed by atoms with Gasteiger partial charge in [-0.1, -0.05) is 12.1 Å². The van der Waals surface area contributed by atoms with Crippen LogP contribution in [-0.4, -0.2) is 25.0 Å². The third-order valence-corrected chi connectivity index (χ3v) is 3.44. The maximum atomic E-state index is 13.2. The van der Waals surface area contributed by atoms with Gasteiger partial charge in [-0.25, -0.2) is 4.39 Å². The lowest BCUT2D eigenvalue weighted by Crippen LogP contribution is -2.26. The minimum absolute atomic E-state index is 0.163. The van der Waals surface area contributed by atoms with E-state index >= 15 is 0 Å². The summed E-state index contributed by atoms with van der Waals surface area (Å²) in [4.78, 5) is 14.0. The van der Waals surface area contributed by atoms with Crippen molar-refractivity contribution in [3.8, 4) is 5.75 Å². The molecule has 2 aromatic rings. The first kappa shape index (κ1) is 15.4. The predicted molar refractivity (Wildman–Crippen MR) is 82.4 cm³/mol. The van der Waals surface area contributed by atoms with Gasteiger partial charge >= 0.3 is 0 Å². The van der Waals surface area contributed by atoms with Gasteiger partial charge in [-0.2, -0.15) is 0 Å². The summed E-state index contributed by atoms with van der Waals surface area (Å²) in [5.74, 6) is 0.117. The van der Waals surface area contributed by atoms with Crippen molar-refractivity contribution in [3.05, 3.63) is 59.4 Å². The Morgan fingerprint density at radius 3 is 2.71 bits per heavy atom. The molecule has 0 spiro atoms. The number of carbonyl (C=O) groups is 1. The van der Waals surface area contributed by atoms with Crippen molar-refractivity contribution in [2.45, 2.75) is 11.4 Å². The topological polar surface area (TPSA) is 29.5 Å². The van der Waals surface area contributed by atoms with Gasteiger partial charge in [0.2, 0.25) is 0 Å². The molecule has 1 amide bonds. The van der Waals surface area contributed by atoms with Crippen molar-refractivity contribution < 1.29 is 13.9 Å². The van der Waals surface area contributed by atoms with Gasteiger partial charge in [-0.15, -0.1) is 12.6 Å². The Kier molecular flexibility index (Phi) is 4.85. The Morgan fingerprint density at radius 1 is 1.29 bits per heavy atom. The van der Waals surface area contributed by atoms with Crippen LogP contribution in [0.2, 0.25) is 0 Å². The van der Waals surface area contributed by atoms with Gasteiger partial charge in [-0.3, -0.25) is 4.79 Å². The molecule has 0 radical (unpaired) electrons. The minimum Gasteiger partial charge on any atom is -0.497 e. The zero-order valence-corrected chi connectivity index (χ0v) is 12.7. The van der Waals surface area contributed by atoms with E-state index in [4.69, 9.17) is 4.74 Å². The molecule has 2 rings (SSSR count). The molecule has 0 fully saturated rings. The highest BCUT2D eigenvalue weighted by Gasteiger charge is 2.13.